The number of carbonyl (C=O) groups excluding carboxylic acids is 1. The molecule has 2 saturated heterocycles. The summed E-state index contributed by atoms with van der Waals surface area (Å²) >= 11 is 0. The number of hydrogen-bond donors (Lipinski definition) is 0. The van der Waals surface area contributed by atoms with Gasteiger partial charge in [0.2, 0.25) is 0 Å². The highest BCUT2D eigenvalue weighted by molar-refractivity contribution is 6.76. The maximum Gasteiger partial charge on any atom is 0.198 e. The molecule has 0 radical (unpaired) electrons. The molecule has 1 spiro atoms. The predicted molar refractivity (Wildman–Crippen MR) is 105 cm³/mol. The van der Waals surface area contributed by atoms with Crippen LogP contribution in [0.4, 0.5) is 0 Å². The molecule has 2 aliphatic heterocycles. The summed E-state index contributed by atoms with van der Waals surface area (Å²) in [6.07, 6.45) is 3.23. The molecule has 1 aliphatic carbocycles. The van der Waals surface area contributed by atoms with Crippen molar-refractivity contribution in [2.75, 3.05) is 0 Å². The predicted octanol–water partition coefficient (Wildman–Crippen LogP) is 4.98. The average molecular weight is 371 g/mol. The SMILES string of the molecule is C=CC[C@@H]1O[Si](C(C)C)(C(C)C)C[C@@H]2CC(=O)[C@@]3(c4ccccc4)O[C@]213. The van der Waals surface area contributed by atoms with Gasteiger partial charge in [-0.05, 0) is 29.1 Å². The van der Waals surface area contributed by atoms with E-state index in [0.717, 1.165) is 18.0 Å². The van der Waals surface area contributed by atoms with Crippen molar-refractivity contribution in [3.63, 3.8) is 0 Å². The molecule has 140 valence electrons. The third-order valence-electron chi connectivity index (χ3n) is 7.18. The molecule has 0 aromatic heterocycles. The lowest BCUT2D eigenvalue weighted by molar-refractivity contribution is -0.124. The summed E-state index contributed by atoms with van der Waals surface area (Å²) in [7, 11) is -1.99. The van der Waals surface area contributed by atoms with Crippen LogP contribution in [0.3, 0.4) is 0 Å². The van der Waals surface area contributed by atoms with Crippen LogP contribution in [0.5, 0.6) is 0 Å². The first-order valence-corrected chi connectivity index (χ1v) is 12.2. The van der Waals surface area contributed by atoms with E-state index in [4.69, 9.17) is 9.16 Å². The average Bonchev–Trinajstić information content (AvgIpc) is 3.25. The van der Waals surface area contributed by atoms with Crippen molar-refractivity contribution in [2.24, 2.45) is 5.92 Å². The van der Waals surface area contributed by atoms with Gasteiger partial charge in [-0.1, -0.05) is 64.1 Å². The highest BCUT2D eigenvalue weighted by Crippen LogP contribution is 2.73. The Balaban J connectivity index is 1.80. The Morgan fingerprint density at radius 1 is 1.23 bits per heavy atom. The lowest BCUT2D eigenvalue weighted by atomic mass is 9.80. The van der Waals surface area contributed by atoms with E-state index >= 15 is 0 Å². The molecular weight excluding hydrogens is 340 g/mol. The Morgan fingerprint density at radius 3 is 2.46 bits per heavy atom. The van der Waals surface area contributed by atoms with Gasteiger partial charge >= 0.3 is 0 Å². The fraction of sp³-hybridized carbons (Fsp3) is 0.591. The van der Waals surface area contributed by atoms with Crippen molar-refractivity contribution in [1.29, 1.82) is 0 Å². The van der Waals surface area contributed by atoms with Crippen LogP contribution in [-0.2, 0) is 19.6 Å². The van der Waals surface area contributed by atoms with Gasteiger partial charge in [0, 0.05) is 12.3 Å². The van der Waals surface area contributed by atoms with Crippen LogP contribution in [0.2, 0.25) is 17.1 Å². The van der Waals surface area contributed by atoms with Crippen LogP contribution in [0.15, 0.2) is 43.0 Å². The van der Waals surface area contributed by atoms with E-state index < -0.39 is 19.5 Å². The summed E-state index contributed by atoms with van der Waals surface area (Å²) in [5, 5.41) is 0. The number of ketones is 1. The largest absolute Gasteiger partial charge is 0.410 e. The zero-order valence-corrected chi connectivity index (χ0v) is 17.3. The van der Waals surface area contributed by atoms with E-state index in [1.54, 1.807) is 0 Å². The Bertz CT molecular complexity index is 720. The molecule has 4 atom stereocenters. The van der Waals surface area contributed by atoms with Crippen LogP contribution in [0, 0.1) is 5.92 Å². The van der Waals surface area contributed by atoms with Gasteiger partial charge in [-0.3, -0.25) is 4.79 Å². The second-order valence-electron chi connectivity index (χ2n) is 8.87. The van der Waals surface area contributed by atoms with Crippen LogP contribution in [0.1, 0.15) is 46.1 Å². The van der Waals surface area contributed by atoms with Crippen LogP contribution >= 0.6 is 0 Å². The van der Waals surface area contributed by atoms with Crippen molar-refractivity contribution < 1.29 is 14.0 Å². The first-order chi connectivity index (χ1) is 12.3. The number of hydrogen-bond acceptors (Lipinski definition) is 3. The standard InChI is InChI=1S/C22H30O3Si/c1-6-10-20-22-18(14-26(24-20,15(2)3)16(4)5)13-19(23)21(22,25-22)17-11-8-7-9-12-17/h6-9,11-12,15-16,18,20H,1,10,13-14H2,2-5H3/t18-,20-,21+,22+/m0/s1. The van der Waals surface area contributed by atoms with E-state index in [9.17, 15) is 4.79 Å². The number of Topliss-reactive ketones (excluding diaryl/α,β-unsaturated/α-hetero) is 1. The van der Waals surface area contributed by atoms with E-state index in [-0.39, 0.29) is 17.8 Å². The second kappa shape index (κ2) is 5.88. The number of rotatable bonds is 5. The van der Waals surface area contributed by atoms with Gasteiger partial charge in [-0.25, -0.2) is 0 Å². The van der Waals surface area contributed by atoms with Crippen molar-refractivity contribution in [2.45, 2.75) is 75.0 Å². The van der Waals surface area contributed by atoms with Crippen LogP contribution in [0.25, 0.3) is 0 Å². The van der Waals surface area contributed by atoms with Crippen molar-refractivity contribution >= 4 is 14.1 Å². The van der Waals surface area contributed by atoms with E-state index in [1.165, 1.54) is 0 Å². The number of ether oxygens (including phenoxy) is 1. The van der Waals surface area contributed by atoms with Gasteiger partial charge in [-0.2, -0.15) is 0 Å². The summed E-state index contributed by atoms with van der Waals surface area (Å²) in [5.74, 6) is 0.508. The summed E-state index contributed by atoms with van der Waals surface area (Å²) in [5.41, 5.74) is 0.759. The molecule has 26 heavy (non-hydrogen) atoms. The van der Waals surface area contributed by atoms with Crippen LogP contribution < -0.4 is 0 Å². The highest BCUT2D eigenvalue weighted by Gasteiger charge is 2.86. The molecule has 1 aromatic carbocycles. The molecule has 0 amide bonds. The number of epoxide rings is 1. The first kappa shape index (κ1) is 18.1. The molecule has 2 heterocycles. The van der Waals surface area contributed by atoms with E-state index in [2.05, 4.69) is 34.3 Å². The fourth-order valence-corrected chi connectivity index (χ4v) is 10.8. The number of carbonyl (C=O) groups is 1. The van der Waals surface area contributed by atoms with Gasteiger partial charge in [0.15, 0.2) is 19.7 Å². The molecule has 3 nitrogen and oxygen atoms in total. The van der Waals surface area contributed by atoms with Crippen molar-refractivity contribution in [3.8, 4) is 0 Å². The molecule has 3 fully saturated rings. The van der Waals surface area contributed by atoms with Crippen LogP contribution in [-0.4, -0.2) is 25.8 Å². The van der Waals surface area contributed by atoms with Crippen molar-refractivity contribution in [1.82, 2.24) is 0 Å². The molecule has 0 bridgehead atoms. The Labute approximate surface area is 157 Å². The minimum atomic E-state index is -1.99. The third kappa shape index (κ3) is 2.04. The first-order valence-electron chi connectivity index (χ1n) is 9.93. The molecule has 0 unspecified atom stereocenters. The zero-order valence-electron chi connectivity index (χ0n) is 16.3. The highest BCUT2D eigenvalue weighted by atomic mass is 28.4. The zero-order chi connectivity index (χ0) is 18.7. The molecule has 4 rings (SSSR count). The Morgan fingerprint density at radius 2 is 1.88 bits per heavy atom. The normalized spacial score (nSPS) is 37.5. The molecule has 3 aliphatic rings. The topological polar surface area (TPSA) is 38.8 Å². The summed E-state index contributed by atoms with van der Waals surface area (Å²) in [6.45, 7) is 13.1. The monoisotopic (exact) mass is 370 g/mol. The van der Waals surface area contributed by atoms with Crippen molar-refractivity contribution in [3.05, 3.63) is 48.6 Å². The summed E-state index contributed by atoms with van der Waals surface area (Å²) in [6, 6.07) is 11.1. The van der Waals surface area contributed by atoms with Gasteiger partial charge in [0.05, 0.1) is 6.10 Å². The maximum absolute atomic E-state index is 13.2. The lowest BCUT2D eigenvalue weighted by Gasteiger charge is -2.50. The Hall–Kier alpha value is -1.23. The summed E-state index contributed by atoms with van der Waals surface area (Å²) < 4.78 is 13.4. The molecular formula is C22H30O3Si. The smallest absolute Gasteiger partial charge is 0.198 e. The van der Waals surface area contributed by atoms with Gasteiger partial charge in [0.25, 0.3) is 0 Å². The number of benzene rings is 1. The molecule has 0 N–H and O–H groups in total. The second-order valence-corrected chi connectivity index (χ2v) is 13.7. The third-order valence-corrected chi connectivity index (χ3v) is 12.9. The molecule has 1 saturated carbocycles. The lowest BCUT2D eigenvalue weighted by Crippen LogP contribution is -2.59. The van der Waals surface area contributed by atoms with E-state index in [1.807, 2.05) is 36.4 Å². The quantitative estimate of drug-likeness (QED) is 0.417. The van der Waals surface area contributed by atoms with Gasteiger partial charge in [0.1, 0.15) is 5.60 Å². The molecule has 4 heteroatoms. The molecule has 1 aromatic rings. The minimum absolute atomic E-state index is 0.0677. The van der Waals surface area contributed by atoms with E-state index in [0.29, 0.717) is 17.5 Å². The minimum Gasteiger partial charge on any atom is -0.410 e. The maximum atomic E-state index is 13.2. The fourth-order valence-electron chi connectivity index (χ4n) is 5.86. The Kier molecular flexibility index (Phi) is 4.10. The van der Waals surface area contributed by atoms with Gasteiger partial charge < -0.3 is 9.16 Å². The summed E-state index contributed by atoms with van der Waals surface area (Å²) in [4.78, 5) is 13.2. The van der Waals surface area contributed by atoms with Gasteiger partial charge in [-0.15, -0.1) is 6.58 Å².